The molecule has 0 aliphatic carbocycles. The largest absolute Gasteiger partial charge is 0.356 e. The molecule has 2 saturated heterocycles. The topological polar surface area (TPSA) is 103 Å². The van der Waals surface area contributed by atoms with Crippen molar-refractivity contribution in [1.82, 2.24) is 30.5 Å². The number of hydrogen-bond donors (Lipinski definition) is 2. The van der Waals surface area contributed by atoms with E-state index in [1.54, 1.807) is 43.0 Å². The molecule has 0 bridgehead atoms. The van der Waals surface area contributed by atoms with Gasteiger partial charge in [0.2, 0.25) is 0 Å². The summed E-state index contributed by atoms with van der Waals surface area (Å²) in [5.41, 5.74) is 5.23. The number of carbonyl (C=O) groups is 2. The number of carbonyl (C=O) groups excluding carboxylic acids is 2. The fraction of sp³-hybridized carbons (Fsp3) is 0.275. The summed E-state index contributed by atoms with van der Waals surface area (Å²) in [7, 11) is 0. The van der Waals surface area contributed by atoms with Crippen LogP contribution in [0.2, 0.25) is 0 Å². The zero-order valence-electron chi connectivity index (χ0n) is 27.8. The lowest BCUT2D eigenvalue weighted by Gasteiger charge is -2.34. The first kappa shape index (κ1) is 33.0. The van der Waals surface area contributed by atoms with Crippen LogP contribution in [0, 0.1) is 5.82 Å². The molecule has 0 radical (unpaired) electrons. The number of aromatic nitrogens is 3. The van der Waals surface area contributed by atoms with Gasteiger partial charge in [0.15, 0.2) is 0 Å². The fourth-order valence-corrected chi connectivity index (χ4v) is 6.76. The maximum absolute atomic E-state index is 14.5. The van der Waals surface area contributed by atoms with Crippen molar-refractivity contribution in [3.05, 3.63) is 132 Å². The van der Waals surface area contributed by atoms with E-state index in [1.807, 2.05) is 42.6 Å². The highest BCUT2D eigenvalue weighted by Gasteiger charge is 2.24. The Kier molecular flexibility index (Phi) is 10.2. The Morgan fingerprint density at radius 3 is 1.96 bits per heavy atom. The number of nitrogens with one attached hydrogen (secondary N) is 2. The molecule has 5 heterocycles. The van der Waals surface area contributed by atoms with Crippen LogP contribution in [0.25, 0.3) is 22.3 Å². The van der Waals surface area contributed by atoms with Crippen LogP contribution < -0.4 is 15.5 Å². The molecule has 2 N–H and O–H groups in total. The summed E-state index contributed by atoms with van der Waals surface area (Å²) >= 11 is 0. The van der Waals surface area contributed by atoms with Crippen molar-refractivity contribution in [2.24, 2.45) is 0 Å². The van der Waals surface area contributed by atoms with E-state index in [-0.39, 0.29) is 29.7 Å². The van der Waals surface area contributed by atoms with E-state index in [0.29, 0.717) is 22.3 Å². The minimum atomic E-state index is -0.382. The van der Waals surface area contributed by atoms with E-state index in [2.05, 4.69) is 42.5 Å². The number of amides is 2. The summed E-state index contributed by atoms with van der Waals surface area (Å²) in [6.45, 7) is 4.21. The van der Waals surface area contributed by atoms with Crippen LogP contribution >= 0.6 is 0 Å². The second kappa shape index (κ2) is 15.4. The molecule has 3 aromatic heterocycles. The molecule has 50 heavy (non-hydrogen) atoms. The Bertz CT molecular complexity index is 1910. The van der Waals surface area contributed by atoms with Gasteiger partial charge in [-0.3, -0.25) is 24.5 Å². The molecule has 0 unspecified atom stereocenters. The molecule has 2 amide bonds. The predicted octanol–water partition coefficient (Wildman–Crippen LogP) is 6.14. The highest BCUT2D eigenvalue weighted by atomic mass is 19.1. The molecule has 5 aromatic rings. The number of likely N-dealkylation sites (tertiary alicyclic amines) is 1. The number of nitrogens with zero attached hydrogens (tertiary/aromatic N) is 5. The number of benzene rings is 2. The van der Waals surface area contributed by atoms with Crippen LogP contribution in [0.3, 0.4) is 0 Å². The van der Waals surface area contributed by atoms with E-state index in [0.717, 1.165) is 80.9 Å². The van der Waals surface area contributed by atoms with Crippen LogP contribution in [0.15, 0.2) is 110 Å². The maximum Gasteiger partial charge on any atom is 0.251 e. The molecular weight excluding hydrogens is 629 g/mol. The molecule has 0 saturated carbocycles. The van der Waals surface area contributed by atoms with Gasteiger partial charge in [-0.15, -0.1) is 0 Å². The second-order valence-electron chi connectivity index (χ2n) is 13.0. The SMILES string of the molecule is O=C(NC1CCN(Cc2ccc(N3CCC(NC(=O)c4ccc(F)c(-c5cccnc5)c4)CC3)nc2)CC1)c1cccc(-c2cccnc2)c1. The van der Waals surface area contributed by atoms with Gasteiger partial charge in [0, 0.05) is 104 Å². The first-order valence-electron chi connectivity index (χ1n) is 17.2. The zero-order chi connectivity index (χ0) is 34.3. The van der Waals surface area contributed by atoms with Crippen LogP contribution in [-0.4, -0.2) is 69.9 Å². The number of anilines is 1. The molecule has 254 valence electrons. The summed E-state index contributed by atoms with van der Waals surface area (Å²) in [5, 5.41) is 6.37. The Hall–Kier alpha value is -5.48. The number of pyridine rings is 3. The van der Waals surface area contributed by atoms with E-state index < -0.39 is 0 Å². The summed E-state index contributed by atoms with van der Waals surface area (Å²) in [6, 6.07) is 24.0. The second-order valence-corrected chi connectivity index (χ2v) is 13.0. The predicted molar refractivity (Wildman–Crippen MR) is 192 cm³/mol. The molecule has 2 fully saturated rings. The lowest BCUT2D eigenvalue weighted by molar-refractivity contribution is 0.0906. The lowest BCUT2D eigenvalue weighted by Crippen LogP contribution is -2.45. The number of rotatable bonds is 9. The Labute approximate surface area is 291 Å². The van der Waals surface area contributed by atoms with Gasteiger partial charge in [0.25, 0.3) is 11.8 Å². The van der Waals surface area contributed by atoms with Gasteiger partial charge in [0.05, 0.1) is 0 Å². The van der Waals surface area contributed by atoms with Gasteiger partial charge in [0.1, 0.15) is 11.6 Å². The van der Waals surface area contributed by atoms with Gasteiger partial charge in [-0.1, -0.05) is 30.3 Å². The minimum absolute atomic E-state index is 0.0367. The Morgan fingerprint density at radius 1 is 0.680 bits per heavy atom. The van der Waals surface area contributed by atoms with Crippen LogP contribution in [-0.2, 0) is 6.54 Å². The quantitative estimate of drug-likeness (QED) is 0.195. The summed E-state index contributed by atoms with van der Waals surface area (Å²) in [4.78, 5) is 43.8. The molecule has 7 rings (SSSR count). The van der Waals surface area contributed by atoms with Crippen molar-refractivity contribution in [1.29, 1.82) is 0 Å². The normalized spacial score (nSPS) is 15.8. The highest BCUT2D eigenvalue weighted by Crippen LogP contribution is 2.25. The smallest absolute Gasteiger partial charge is 0.251 e. The van der Waals surface area contributed by atoms with E-state index in [1.165, 1.54) is 12.1 Å². The molecular formula is C40H40FN7O2. The monoisotopic (exact) mass is 669 g/mol. The van der Waals surface area contributed by atoms with Gasteiger partial charge in [-0.2, -0.15) is 0 Å². The van der Waals surface area contributed by atoms with Crippen LogP contribution in [0.1, 0.15) is 52.0 Å². The van der Waals surface area contributed by atoms with Gasteiger partial charge < -0.3 is 15.5 Å². The van der Waals surface area contributed by atoms with E-state index in [4.69, 9.17) is 4.98 Å². The fourth-order valence-electron chi connectivity index (χ4n) is 6.76. The van der Waals surface area contributed by atoms with E-state index in [9.17, 15) is 14.0 Å². The van der Waals surface area contributed by atoms with Crippen LogP contribution in [0.4, 0.5) is 10.2 Å². The van der Waals surface area contributed by atoms with Crippen molar-refractivity contribution in [2.45, 2.75) is 44.3 Å². The zero-order valence-corrected chi connectivity index (χ0v) is 27.8. The Morgan fingerprint density at radius 2 is 1.32 bits per heavy atom. The van der Waals surface area contributed by atoms with Crippen molar-refractivity contribution in [2.75, 3.05) is 31.1 Å². The molecule has 10 heteroatoms. The third kappa shape index (κ3) is 8.03. The molecule has 2 aromatic carbocycles. The first-order chi connectivity index (χ1) is 24.5. The first-order valence-corrected chi connectivity index (χ1v) is 17.2. The molecule has 0 spiro atoms. The number of piperidine rings is 2. The lowest BCUT2D eigenvalue weighted by atomic mass is 10.0. The molecule has 0 atom stereocenters. The highest BCUT2D eigenvalue weighted by molar-refractivity contribution is 5.96. The minimum Gasteiger partial charge on any atom is -0.356 e. The number of hydrogen-bond acceptors (Lipinski definition) is 7. The third-order valence-electron chi connectivity index (χ3n) is 9.61. The standard InChI is InChI=1S/C40H40FN7O2/c41-37-10-9-31(23-36(37)33-7-3-17-43-26-33)40(50)46-35-14-20-48(21-15-35)38-11-8-28(24-44-38)27-47-18-12-34(13-19-47)45-39(49)30-5-1-4-29(22-30)32-6-2-16-42-25-32/h1-11,16-17,22-26,34-35H,12-15,18-21,27H2,(H,45,49)(H,46,50). The van der Waals surface area contributed by atoms with Crippen LogP contribution in [0.5, 0.6) is 0 Å². The average molecular weight is 670 g/mol. The maximum atomic E-state index is 14.5. The average Bonchev–Trinajstić information content (AvgIpc) is 3.17. The van der Waals surface area contributed by atoms with Crippen molar-refractivity contribution >= 4 is 17.6 Å². The third-order valence-corrected chi connectivity index (χ3v) is 9.61. The summed E-state index contributed by atoms with van der Waals surface area (Å²) in [5.74, 6) is 0.317. The molecule has 2 aliphatic heterocycles. The van der Waals surface area contributed by atoms with Crippen molar-refractivity contribution in [3.8, 4) is 22.3 Å². The Balaban J connectivity index is 0.848. The molecule has 2 aliphatic rings. The number of halogens is 1. The summed E-state index contributed by atoms with van der Waals surface area (Å²) < 4.78 is 14.5. The van der Waals surface area contributed by atoms with Crippen molar-refractivity contribution in [3.63, 3.8) is 0 Å². The van der Waals surface area contributed by atoms with Gasteiger partial charge in [-0.25, -0.2) is 9.37 Å². The van der Waals surface area contributed by atoms with E-state index >= 15 is 0 Å². The summed E-state index contributed by atoms with van der Waals surface area (Å²) in [6.07, 6.45) is 12.1. The molecule has 9 nitrogen and oxygen atoms in total. The van der Waals surface area contributed by atoms with Gasteiger partial charge in [-0.05, 0) is 85.3 Å². The van der Waals surface area contributed by atoms with Gasteiger partial charge >= 0.3 is 0 Å². The van der Waals surface area contributed by atoms with Crippen molar-refractivity contribution < 1.29 is 14.0 Å².